The molecule has 0 radical (unpaired) electrons. The van der Waals surface area contributed by atoms with Crippen LogP contribution in [0.3, 0.4) is 0 Å². The maximum Gasteiger partial charge on any atom is 0.284 e. The van der Waals surface area contributed by atoms with Crippen molar-refractivity contribution in [3.8, 4) is 0 Å². The summed E-state index contributed by atoms with van der Waals surface area (Å²) in [5.74, 6) is 0.238. The van der Waals surface area contributed by atoms with Gasteiger partial charge >= 0.3 is 0 Å². The van der Waals surface area contributed by atoms with E-state index in [1.807, 2.05) is 30.3 Å². The molecule has 1 N–H and O–H groups in total. The fourth-order valence-corrected chi connectivity index (χ4v) is 4.11. The minimum Gasteiger partial charge on any atom is -0.343 e. The van der Waals surface area contributed by atoms with E-state index >= 15 is 0 Å². The second-order valence-corrected chi connectivity index (χ2v) is 7.22. The van der Waals surface area contributed by atoms with E-state index in [0.717, 1.165) is 16.7 Å². The number of rotatable bonds is 2. The van der Waals surface area contributed by atoms with Crippen LogP contribution < -0.4 is 5.32 Å². The van der Waals surface area contributed by atoms with E-state index in [1.54, 1.807) is 0 Å². The van der Waals surface area contributed by atoms with Crippen molar-refractivity contribution in [2.45, 2.75) is 17.4 Å². The molecule has 6 heteroatoms. The first-order valence-corrected chi connectivity index (χ1v) is 7.93. The highest BCUT2D eigenvalue weighted by molar-refractivity contribution is 8.13. The lowest BCUT2D eigenvalue weighted by Gasteiger charge is -2.09. The van der Waals surface area contributed by atoms with Gasteiger partial charge in [-0.2, -0.15) is 0 Å². The Kier molecular flexibility index (Phi) is 3.73. The summed E-state index contributed by atoms with van der Waals surface area (Å²) in [6.07, 6.45) is 0.517. The van der Waals surface area contributed by atoms with Crippen LogP contribution in [-0.2, 0) is 9.84 Å². The number of amides is 1. The zero-order valence-corrected chi connectivity index (χ0v) is 10.8. The van der Waals surface area contributed by atoms with Gasteiger partial charge in [-0.3, -0.25) is 4.79 Å². The molecule has 1 atom stereocenters. The summed E-state index contributed by atoms with van der Waals surface area (Å²) < 4.78 is 22.4. The highest BCUT2D eigenvalue weighted by atomic mass is 32.2. The predicted octanol–water partition coefficient (Wildman–Crippen LogP) is 1.68. The van der Waals surface area contributed by atoms with E-state index in [1.165, 1.54) is 0 Å². The normalized spacial score (nSPS) is 22.2. The van der Waals surface area contributed by atoms with E-state index in [9.17, 15) is 13.2 Å². The second kappa shape index (κ2) is 5.10. The van der Waals surface area contributed by atoms with Gasteiger partial charge in [0.15, 0.2) is 9.84 Å². The van der Waals surface area contributed by atoms with Crippen LogP contribution in [0.5, 0.6) is 0 Å². The summed E-state index contributed by atoms with van der Waals surface area (Å²) in [5, 5.41) is 2.53. The van der Waals surface area contributed by atoms with Crippen LogP contribution in [0.25, 0.3) is 0 Å². The van der Waals surface area contributed by atoms with Crippen LogP contribution >= 0.6 is 11.8 Å². The topological polar surface area (TPSA) is 63.2 Å². The van der Waals surface area contributed by atoms with Gasteiger partial charge < -0.3 is 5.32 Å². The van der Waals surface area contributed by atoms with Crippen LogP contribution in [-0.4, -0.2) is 31.2 Å². The maximum atomic E-state index is 11.6. The van der Waals surface area contributed by atoms with Crippen molar-refractivity contribution in [2.24, 2.45) is 0 Å². The molecule has 0 saturated carbocycles. The average Bonchev–Trinajstić information content (AvgIpc) is 2.59. The Bertz CT molecular complexity index is 499. The third kappa shape index (κ3) is 3.74. The first-order valence-electron chi connectivity index (χ1n) is 5.29. The Hall–Kier alpha value is -1.01. The summed E-state index contributed by atoms with van der Waals surface area (Å²) in [6.45, 7) is 0. The lowest BCUT2D eigenvalue weighted by molar-refractivity contribution is 0.258. The lowest BCUT2D eigenvalue weighted by Crippen LogP contribution is -2.32. The van der Waals surface area contributed by atoms with Crippen molar-refractivity contribution >= 4 is 26.8 Å². The predicted molar refractivity (Wildman–Crippen MR) is 67.9 cm³/mol. The number of benzene rings is 1. The molecule has 0 aliphatic carbocycles. The molecule has 0 spiro atoms. The van der Waals surface area contributed by atoms with Gasteiger partial charge in [0.2, 0.25) is 0 Å². The molecule has 1 aliphatic heterocycles. The van der Waals surface area contributed by atoms with Crippen molar-refractivity contribution in [2.75, 3.05) is 11.5 Å². The van der Waals surface area contributed by atoms with Crippen molar-refractivity contribution in [1.29, 1.82) is 0 Å². The molecule has 1 saturated heterocycles. The van der Waals surface area contributed by atoms with Crippen molar-refractivity contribution in [1.82, 2.24) is 5.32 Å². The Morgan fingerprint density at radius 2 is 2.00 bits per heavy atom. The van der Waals surface area contributed by atoms with E-state index in [0.29, 0.717) is 6.42 Å². The number of carbonyl (C=O) groups is 1. The van der Waals surface area contributed by atoms with E-state index in [4.69, 9.17) is 0 Å². The molecule has 1 heterocycles. The first kappa shape index (κ1) is 12.4. The molecule has 0 bridgehead atoms. The Labute approximate surface area is 105 Å². The Morgan fingerprint density at radius 3 is 2.59 bits per heavy atom. The van der Waals surface area contributed by atoms with Gasteiger partial charge in [-0.25, -0.2) is 8.42 Å². The molecule has 2 rings (SSSR count). The maximum absolute atomic E-state index is 11.6. The molecule has 17 heavy (non-hydrogen) atoms. The van der Waals surface area contributed by atoms with Gasteiger partial charge in [0.25, 0.3) is 5.24 Å². The van der Waals surface area contributed by atoms with Gasteiger partial charge in [0, 0.05) is 10.9 Å². The van der Waals surface area contributed by atoms with Crippen LogP contribution in [0.15, 0.2) is 35.2 Å². The van der Waals surface area contributed by atoms with E-state index < -0.39 is 9.84 Å². The zero-order valence-electron chi connectivity index (χ0n) is 9.13. The fraction of sp³-hybridized carbons (Fsp3) is 0.364. The van der Waals surface area contributed by atoms with Crippen LogP contribution in [0.4, 0.5) is 4.79 Å². The molecule has 0 unspecified atom stereocenters. The smallest absolute Gasteiger partial charge is 0.284 e. The molecule has 1 aliphatic rings. The largest absolute Gasteiger partial charge is 0.343 e. The van der Waals surface area contributed by atoms with Gasteiger partial charge in [-0.1, -0.05) is 18.2 Å². The zero-order chi connectivity index (χ0) is 12.3. The molecule has 1 aromatic carbocycles. The monoisotopic (exact) mass is 271 g/mol. The lowest BCUT2D eigenvalue weighted by atomic mass is 10.3. The molecule has 0 aromatic heterocycles. The quantitative estimate of drug-likeness (QED) is 0.831. The Morgan fingerprint density at radius 1 is 1.29 bits per heavy atom. The van der Waals surface area contributed by atoms with Crippen molar-refractivity contribution in [3.05, 3.63) is 30.3 Å². The average molecular weight is 271 g/mol. The highest BCUT2D eigenvalue weighted by Gasteiger charge is 2.28. The summed E-state index contributed by atoms with van der Waals surface area (Å²) in [4.78, 5) is 12.5. The van der Waals surface area contributed by atoms with Crippen LogP contribution in [0, 0.1) is 0 Å². The number of nitrogens with one attached hydrogen (secondary N) is 1. The molecule has 4 nitrogen and oxygen atoms in total. The third-order valence-electron chi connectivity index (χ3n) is 2.51. The molecular weight excluding hydrogens is 258 g/mol. The standard InChI is InChI=1S/C11H13NO3S2/c13-11(16-10-4-2-1-3-5-10)12-9-6-7-17(14,15)8-9/h1-5,9H,6-8H2,(H,12,13)/t9-/m0/s1. The van der Waals surface area contributed by atoms with Crippen molar-refractivity contribution < 1.29 is 13.2 Å². The summed E-state index contributed by atoms with van der Waals surface area (Å²) in [5.41, 5.74) is 0. The number of hydrogen-bond donors (Lipinski definition) is 1. The minimum atomic E-state index is -2.94. The number of carbonyl (C=O) groups excluding carboxylic acids is 1. The van der Waals surface area contributed by atoms with Crippen LogP contribution in [0.2, 0.25) is 0 Å². The fourth-order valence-electron chi connectivity index (χ4n) is 1.70. The SMILES string of the molecule is O=C(N[C@H]1CCS(=O)(=O)C1)Sc1ccccc1. The first-order chi connectivity index (χ1) is 8.05. The summed E-state index contributed by atoms with van der Waals surface area (Å²) in [6, 6.07) is 9.05. The number of thioether (sulfide) groups is 1. The minimum absolute atomic E-state index is 0.0636. The molecule has 1 fully saturated rings. The highest BCUT2D eigenvalue weighted by Crippen LogP contribution is 2.19. The van der Waals surface area contributed by atoms with E-state index in [-0.39, 0.29) is 22.8 Å². The number of sulfone groups is 1. The van der Waals surface area contributed by atoms with Crippen molar-refractivity contribution in [3.63, 3.8) is 0 Å². The van der Waals surface area contributed by atoms with Gasteiger partial charge in [-0.05, 0) is 30.3 Å². The van der Waals surface area contributed by atoms with Gasteiger partial charge in [-0.15, -0.1) is 0 Å². The molecule has 1 aromatic rings. The molecule has 1 amide bonds. The second-order valence-electron chi connectivity index (χ2n) is 3.95. The van der Waals surface area contributed by atoms with Gasteiger partial charge in [0.05, 0.1) is 11.5 Å². The Balaban J connectivity index is 1.87. The van der Waals surface area contributed by atoms with Crippen LogP contribution in [0.1, 0.15) is 6.42 Å². The van der Waals surface area contributed by atoms with Gasteiger partial charge in [0.1, 0.15) is 0 Å². The third-order valence-corrected chi connectivity index (χ3v) is 5.09. The number of hydrogen-bond acceptors (Lipinski definition) is 4. The van der Waals surface area contributed by atoms with E-state index in [2.05, 4.69) is 5.32 Å². The molecular formula is C11H13NO3S2. The summed E-state index contributed by atoms with van der Waals surface area (Å²) in [7, 11) is -2.94. The molecule has 92 valence electrons. The summed E-state index contributed by atoms with van der Waals surface area (Å²) >= 11 is 1.09.